The van der Waals surface area contributed by atoms with Crippen molar-refractivity contribution in [2.75, 3.05) is 6.16 Å². The van der Waals surface area contributed by atoms with Crippen LogP contribution in [-0.4, -0.2) is 43.9 Å². The Morgan fingerprint density at radius 1 is 1.31 bits per heavy atom. The van der Waals surface area contributed by atoms with Crippen molar-refractivity contribution >= 4 is 20.0 Å². The number of carboxylic acid groups (broad SMARTS) is 2. The van der Waals surface area contributed by atoms with Crippen LogP contribution in [0.1, 0.15) is 6.42 Å². The van der Waals surface area contributed by atoms with Crippen LogP contribution in [0.25, 0.3) is 0 Å². The normalized spacial score (nSPS) is 16.0. The highest BCUT2D eigenvalue weighted by Crippen LogP contribution is 2.24. The summed E-state index contributed by atoms with van der Waals surface area (Å²) in [6.45, 7) is 0. The molecule has 0 aromatic carbocycles. The van der Waals surface area contributed by atoms with Crippen molar-refractivity contribution in [2.45, 2.75) is 12.0 Å². The monoisotopic (exact) mass is 211 g/mol. The van der Waals surface area contributed by atoms with Crippen LogP contribution < -0.4 is 0 Å². The van der Waals surface area contributed by atoms with E-state index in [1.807, 2.05) is 0 Å². The minimum absolute atomic E-state index is 0.996. The molecule has 0 heterocycles. The molecule has 0 fully saturated rings. The van der Waals surface area contributed by atoms with Crippen molar-refractivity contribution < 1.29 is 34.4 Å². The van der Waals surface area contributed by atoms with Gasteiger partial charge in [-0.25, -0.2) is 4.79 Å². The lowest BCUT2D eigenvalue weighted by Gasteiger charge is -2.14. The molecule has 74 valence electrons. The fourth-order valence-corrected chi connectivity index (χ4v) is 1.37. The van der Waals surface area contributed by atoms with Crippen LogP contribution in [0, 0.1) is 0 Å². The van der Waals surface area contributed by atoms with Gasteiger partial charge in [-0.1, -0.05) is 0 Å². The molecule has 0 bridgehead atoms. The summed E-state index contributed by atoms with van der Waals surface area (Å²) in [5.41, 5.74) is -2.67. The number of hydrogen-bond donors (Lipinski definition) is 4. The SMILES string of the molecule is O=C(O)C[C@](O)(C[P+](=O)O)C(=O)O. The number of aliphatic hydroxyl groups is 1. The molecule has 1 unspecified atom stereocenters. The van der Waals surface area contributed by atoms with E-state index >= 15 is 0 Å². The van der Waals surface area contributed by atoms with Crippen LogP contribution in [-0.2, 0) is 14.2 Å². The number of aliphatic carboxylic acids is 2. The summed E-state index contributed by atoms with van der Waals surface area (Å²) in [4.78, 5) is 28.8. The fraction of sp³-hybridized carbons (Fsp3) is 0.600. The number of hydrogen-bond acceptors (Lipinski definition) is 4. The van der Waals surface area contributed by atoms with E-state index in [0.29, 0.717) is 0 Å². The number of rotatable bonds is 5. The molecule has 0 radical (unpaired) electrons. The minimum Gasteiger partial charge on any atom is -0.481 e. The fourth-order valence-electron chi connectivity index (χ4n) is 0.673. The number of carbonyl (C=O) groups is 2. The lowest BCUT2D eigenvalue weighted by Crippen LogP contribution is -2.43. The van der Waals surface area contributed by atoms with Gasteiger partial charge in [0.15, 0.2) is 0 Å². The lowest BCUT2D eigenvalue weighted by molar-refractivity contribution is -0.162. The van der Waals surface area contributed by atoms with Crippen molar-refractivity contribution in [1.82, 2.24) is 0 Å². The number of carboxylic acids is 2. The van der Waals surface area contributed by atoms with Gasteiger partial charge in [0.05, 0.1) is 6.42 Å². The largest absolute Gasteiger partial charge is 0.509 e. The Balaban J connectivity index is 4.62. The predicted molar refractivity (Wildman–Crippen MR) is 39.5 cm³/mol. The Kier molecular flexibility index (Phi) is 3.93. The molecule has 0 aliphatic carbocycles. The zero-order valence-electron chi connectivity index (χ0n) is 6.38. The summed E-state index contributed by atoms with van der Waals surface area (Å²) in [7, 11) is -2.90. The molecule has 0 aromatic rings. The minimum atomic E-state index is -2.90. The molecular formula is C5H8O7P+. The second kappa shape index (κ2) is 4.27. The maximum atomic E-state index is 10.3. The summed E-state index contributed by atoms with van der Waals surface area (Å²) in [6, 6.07) is 0. The van der Waals surface area contributed by atoms with Crippen LogP contribution in [0.4, 0.5) is 0 Å². The van der Waals surface area contributed by atoms with Gasteiger partial charge in [0, 0.05) is 0 Å². The van der Waals surface area contributed by atoms with Crippen molar-refractivity contribution in [3.05, 3.63) is 0 Å². The Morgan fingerprint density at radius 3 is 2.00 bits per heavy atom. The first-order chi connectivity index (χ1) is 5.78. The third kappa shape index (κ3) is 3.93. The molecule has 0 saturated heterocycles. The van der Waals surface area contributed by atoms with Gasteiger partial charge in [-0.05, 0) is 4.57 Å². The average molecular weight is 211 g/mol. The molecule has 2 atom stereocenters. The van der Waals surface area contributed by atoms with E-state index in [4.69, 9.17) is 20.2 Å². The Labute approximate surface area is 73.5 Å². The summed E-state index contributed by atoms with van der Waals surface area (Å²) in [6.07, 6.45) is -2.10. The van der Waals surface area contributed by atoms with E-state index in [2.05, 4.69) is 0 Å². The molecular weight excluding hydrogens is 203 g/mol. The first-order valence-corrected chi connectivity index (χ1v) is 4.49. The first-order valence-electron chi connectivity index (χ1n) is 3.09. The molecule has 4 N–H and O–H groups in total. The van der Waals surface area contributed by atoms with Gasteiger partial charge >= 0.3 is 20.0 Å². The standard InChI is InChI=1S/C5H7O7P/c6-3(7)1-5(10,4(8)9)2-13(11)12/h10H,1-2H2,(H2-,6,7,8,9,11,12)/p+1/t5-/m0/s1. The van der Waals surface area contributed by atoms with Gasteiger partial charge in [0.1, 0.15) is 0 Å². The lowest BCUT2D eigenvalue weighted by atomic mass is 10.0. The van der Waals surface area contributed by atoms with Crippen LogP contribution in [0.3, 0.4) is 0 Å². The molecule has 0 spiro atoms. The summed E-state index contributed by atoms with van der Waals surface area (Å²) in [5.74, 6) is -3.38. The Bertz CT molecular complexity index is 231. The van der Waals surface area contributed by atoms with Crippen LogP contribution in [0.15, 0.2) is 0 Å². The van der Waals surface area contributed by atoms with Gasteiger partial charge in [-0.15, -0.1) is 0 Å². The molecule has 0 aliphatic heterocycles. The highest BCUT2D eigenvalue weighted by atomic mass is 31.1. The predicted octanol–water partition coefficient (Wildman–Crippen LogP) is -0.989. The van der Waals surface area contributed by atoms with E-state index in [1.165, 1.54) is 0 Å². The van der Waals surface area contributed by atoms with E-state index < -0.39 is 38.2 Å². The molecule has 0 aromatic heterocycles. The summed E-state index contributed by atoms with van der Waals surface area (Å²) < 4.78 is 10.2. The van der Waals surface area contributed by atoms with E-state index in [0.717, 1.165) is 0 Å². The maximum absolute atomic E-state index is 10.3. The summed E-state index contributed by atoms with van der Waals surface area (Å²) >= 11 is 0. The van der Waals surface area contributed by atoms with Gasteiger partial charge in [0.2, 0.25) is 11.8 Å². The second-order valence-electron chi connectivity index (χ2n) is 2.42. The quantitative estimate of drug-likeness (QED) is 0.429. The first kappa shape index (κ1) is 12.0. The van der Waals surface area contributed by atoms with Gasteiger partial charge < -0.3 is 15.3 Å². The Morgan fingerprint density at radius 2 is 1.77 bits per heavy atom. The van der Waals surface area contributed by atoms with E-state index in [-0.39, 0.29) is 0 Å². The Hall–Kier alpha value is -1.04. The highest BCUT2D eigenvalue weighted by molar-refractivity contribution is 7.38. The third-order valence-corrected chi connectivity index (χ3v) is 2.03. The molecule has 7 nitrogen and oxygen atoms in total. The van der Waals surface area contributed by atoms with Gasteiger partial charge in [-0.2, -0.15) is 4.89 Å². The average Bonchev–Trinajstić information content (AvgIpc) is 1.82. The zero-order chi connectivity index (χ0) is 10.6. The van der Waals surface area contributed by atoms with Gasteiger partial charge in [0.25, 0.3) is 0 Å². The topological polar surface area (TPSA) is 132 Å². The van der Waals surface area contributed by atoms with Crippen molar-refractivity contribution in [2.24, 2.45) is 0 Å². The van der Waals surface area contributed by atoms with E-state index in [1.54, 1.807) is 0 Å². The maximum Gasteiger partial charge on any atom is 0.509 e. The van der Waals surface area contributed by atoms with Crippen molar-refractivity contribution in [3.8, 4) is 0 Å². The highest BCUT2D eigenvalue weighted by Gasteiger charge is 2.45. The summed E-state index contributed by atoms with van der Waals surface area (Å²) in [5, 5.41) is 25.7. The van der Waals surface area contributed by atoms with Gasteiger partial charge in [-0.3, -0.25) is 4.79 Å². The molecule has 8 heteroatoms. The van der Waals surface area contributed by atoms with Crippen LogP contribution in [0.2, 0.25) is 0 Å². The molecule has 0 amide bonds. The van der Waals surface area contributed by atoms with E-state index in [9.17, 15) is 14.2 Å². The smallest absolute Gasteiger partial charge is 0.481 e. The van der Waals surface area contributed by atoms with Crippen LogP contribution in [0.5, 0.6) is 0 Å². The molecule has 0 rings (SSSR count). The van der Waals surface area contributed by atoms with Crippen LogP contribution >= 0.6 is 8.03 Å². The van der Waals surface area contributed by atoms with Crippen molar-refractivity contribution in [1.29, 1.82) is 0 Å². The molecule has 13 heavy (non-hydrogen) atoms. The third-order valence-electron chi connectivity index (χ3n) is 1.24. The zero-order valence-corrected chi connectivity index (χ0v) is 7.27. The second-order valence-corrected chi connectivity index (χ2v) is 3.44. The van der Waals surface area contributed by atoms with Crippen molar-refractivity contribution in [3.63, 3.8) is 0 Å². The molecule has 0 aliphatic rings. The molecule has 0 saturated carbocycles.